The van der Waals surface area contributed by atoms with Crippen molar-refractivity contribution >= 4 is 17.6 Å². The Bertz CT molecular complexity index is 453. The van der Waals surface area contributed by atoms with E-state index in [9.17, 15) is 24.8 Å². The van der Waals surface area contributed by atoms with E-state index in [2.05, 4.69) is 0 Å². The molecule has 0 spiro atoms. The molecule has 0 atom stereocenters. The third-order valence-corrected chi connectivity index (χ3v) is 2.08. The van der Waals surface area contributed by atoms with Crippen LogP contribution in [0.4, 0.5) is 5.69 Å². The Morgan fingerprint density at radius 1 is 1.17 bits per heavy atom. The molecule has 1 aromatic rings. The Morgan fingerprint density at radius 2 is 1.78 bits per heavy atom. The summed E-state index contributed by atoms with van der Waals surface area (Å²) in [7, 11) is 0. The maximum atomic E-state index is 11.1. The molecule has 18 heavy (non-hydrogen) atoms. The Balaban J connectivity index is 2.41. The molecule has 0 aliphatic heterocycles. The number of rotatable bonds is 6. The predicted molar refractivity (Wildman–Crippen MR) is 57.8 cm³/mol. The average Bonchev–Trinajstić information content (AvgIpc) is 2.34. The van der Waals surface area contributed by atoms with E-state index in [1.807, 2.05) is 0 Å². The molecule has 0 aliphatic carbocycles. The zero-order valence-electron chi connectivity index (χ0n) is 9.33. The van der Waals surface area contributed by atoms with Crippen LogP contribution in [0.3, 0.4) is 0 Å². The SMILES string of the molecule is [O]C(=O)CCC(=O)OCc1ccc([N+](=O)[O-])cc1. The lowest BCUT2D eigenvalue weighted by Gasteiger charge is -2.03. The van der Waals surface area contributed by atoms with Crippen LogP contribution in [0, 0.1) is 10.1 Å². The molecular formula is C11H10NO6. The van der Waals surface area contributed by atoms with Gasteiger partial charge in [-0.25, -0.2) is 9.90 Å². The summed E-state index contributed by atoms with van der Waals surface area (Å²) in [6, 6.07) is 5.52. The molecular weight excluding hydrogens is 242 g/mol. The van der Waals surface area contributed by atoms with Crippen LogP contribution in [0.15, 0.2) is 24.3 Å². The molecule has 0 saturated heterocycles. The Kier molecular flexibility index (Phi) is 4.79. The molecule has 0 unspecified atom stereocenters. The summed E-state index contributed by atoms with van der Waals surface area (Å²) in [6.45, 7) is -0.0517. The van der Waals surface area contributed by atoms with Gasteiger partial charge in [-0.05, 0) is 17.7 Å². The van der Waals surface area contributed by atoms with Gasteiger partial charge in [0.05, 0.1) is 17.8 Å². The Labute approximate surface area is 102 Å². The van der Waals surface area contributed by atoms with E-state index in [4.69, 9.17) is 4.74 Å². The second kappa shape index (κ2) is 6.33. The highest BCUT2D eigenvalue weighted by atomic mass is 16.6. The smallest absolute Gasteiger partial charge is 0.356 e. The molecule has 0 amide bonds. The molecule has 7 nitrogen and oxygen atoms in total. The van der Waals surface area contributed by atoms with Gasteiger partial charge < -0.3 is 4.74 Å². The lowest BCUT2D eigenvalue weighted by atomic mass is 10.2. The highest BCUT2D eigenvalue weighted by molar-refractivity contribution is 5.76. The summed E-state index contributed by atoms with van der Waals surface area (Å²) in [4.78, 5) is 31.0. The molecule has 0 bridgehead atoms. The molecule has 0 aromatic heterocycles. The fraction of sp³-hybridized carbons (Fsp3) is 0.273. The molecule has 7 heteroatoms. The van der Waals surface area contributed by atoms with Gasteiger partial charge in [0.15, 0.2) is 0 Å². The highest BCUT2D eigenvalue weighted by Crippen LogP contribution is 2.12. The van der Waals surface area contributed by atoms with E-state index in [1.165, 1.54) is 24.3 Å². The number of hydrogen-bond donors (Lipinski definition) is 0. The number of hydrogen-bond acceptors (Lipinski definition) is 5. The molecule has 1 radical (unpaired) electrons. The van der Waals surface area contributed by atoms with Gasteiger partial charge in [-0.2, -0.15) is 0 Å². The van der Waals surface area contributed by atoms with Crippen LogP contribution in [-0.4, -0.2) is 16.9 Å². The minimum absolute atomic E-state index is 0.0517. The summed E-state index contributed by atoms with van der Waals surface area (Å²) in [5.41, 5.74) is 0.532. The maximum absolute atomic E-state index is 11.1. The zero-order chi connectivity index (χ0) is 13.5. The van der Waals surface area contributed by atoms with Crippen molar-refractivity contribution in [3.05, 3.63) is 39.9 Å². The Morgan fingerprint density at radius 3 is 2.28 bits per heavy atom. The minimum atomic E-state index is -1.32. The van der Waals surface area contributed by atoms with Crippen molar-refractivity contribution in [2.75, 3.05) is 0 Å². The van der Waals surface area contributed by atoms with E-state index in [1.54, 1.807) is 0 Å². The number of nitrogens with zero attached hydrogens (tertiary/aromatic N) is 1. The summed E-state index contributed by atoms with van der Waals surface area (Å²) in [6.07, 6.45) is -0.644. The average molecular weight is 252 g/mol. The number of non-ortho nitro benzene ring substituents is 1. The first-order chi connectivity index (χ1) is 8.49. The lowest BCUT2D eigenvalue weighted by molar-refractivity contribution is -0.384. The van der Waals surface area contributed by atoms with Crippen molar-refractivity contribution in [2.24, 2.45) is 0 Å². The van der Waals surface area contributed by atoms with Crippen LogP contribution in [0.1, 0.15) is 18.4 Å². The van der Waals surface area contributed by atoms with Crippen molar-refractivity contribution in [1.82, 2.24) is 0 Å². The molecule has 1 aromatic carbocycles. The van der Waals surface area contributed by atoms with Crippen molar-refractivity contribution in [3.63, 3.8) is 0 Å². The second-order valence-electron chi connectivity index (χ2n) is 3.46. The first kappa shape index (κ1) is 13.6. The largest absolute Gasteiger partial charge is 0.461 e. The van der Waals surface area contributed by atoms with E-state index >= 15 is 0 Å². The maximum Gasteiger partial charge on any atom is 0.356 e. The molecule has 0 aliphatic rings. The normalized spacial score (nSPS) is 9.78. The van der Waals surface area contributed by atoms with Crippen molar-refractivity contribution < 1.29 is 24.4 Å². The number of nitro groups is 1. The summed E-state index contributed by atoms with van der Waals surface area (Å²) >= 11 is 0. The molecule has 0 N–H and O–H groups in total. The first-order valence-electron chi connectivity index (χ1n) is 5.08. The van der Waals surface area contributed by atoms with Crippen molar-refractivity contribution in [3.8, 4) is 0 Å². The quantitative estimate of drug-likeness (QED) is 0.431. The molecule has 0 saturated carbocycles. The lowest BCUT2D eigenvalue weighted by Crippen LogP contribution is -2.06. The summed E-state index contributed by atoms with van der Waals surface area (Å²) < 4.78 is 4.78. The van der Waals surface area contributed by atoms with Crippen molar-refractivity contribution in [2.45, 2.75) is 19.4 Å². The minimum Gasteiger partial charge on any atom is -0.461 e. The van der Waals surface area contributed by atoms with E-state index in [0.717, 1.165) is 0 Å². The molecule has 0 heterocycles. The molecule has 1 rings (SSSR count). The van der Waals surface area contributed by atoms with Crippen LogP contribution in [-0.2, 0) is 26.0 Å². The van der Waals surface area contributed by atoms with Crippen LogP contribution in [0.25, 0.3) is 0 Å². The fourth-order valence-electron chi connectivity index (χ4n) is 1.15. The summed E-state index contributed by atoms with van der Waals surface area (Å²) in [5, 5.41) is 20.5. The van der Waals surface area contributed by atoms with Gasteiger partial charge in [-0.15, -0.1) is 0 Å². The zero-order valence-corrected chi connectivity index (χ0v) is 9.33. The Hall–Kier alpha value is -2.44. The van der Waals surface area contributed by atoms with Gasteiger partial charge >= 0.3 is 11.9 Å². The van der Waals surface area contributed by atoms with E-state index in [0.29, 0.717) is 5.56 Å². The van der Waals surface area contributed by atoms with Crippen LogP contribution in [0.2, 0.25) is 0 Å². The fourth-order valence-corrected chi connectivity index (χ4v) is 1.15. The number of carbonyl (C=O) groups excluding carboxylic acids is 2. The van der Waals surface area contributed by atoms with Crippen LogP contribution < -0.4 is 0 Å². The van der Waals surface area contributed by atoms with Gasteiger partial charge in [0.2, 0.25) is 0 Å². The number of carbonyl (C=O) groups is 2. The highest BCUT2D eigenvalue weighted by Gasteiger charge is 2.09. The molecule has 95 valence electrons. The van der Waals surface area contributed by atoms with Gasteiger partial charge in [0, 0.05) is 12.1 Å². The van der Waals surface area contributed by atoms with E-state index in [-0.39, 0.29) is 25.1 Å². The van der Waals surface area contributed by atoms with Gasteiger partial charge in [-0.3, -0.25) is 14.9 Å². The molecule has 0 fully saturated rings. The number of nitro benzene ring substituents is 1. The topological polar surface area (TPSA) is 106 Å². The van der Waals surface area contributed by atoms with E-state index < -0.39 is 16.9 Å². The monoisotopic (exact) mass is 252 g/mol. The van der Waals surface area contributed by atoms with Crippen molar-refractivity contribution in [1.29, 1.82) is 0 Å². The second-order valence-corrected chi connectivity index (χ2v) is 3.46. The number of esters is 1. The van der Waals surface area contributed by atoms with Crippen LogP contribution in [0.5, 0.6) is 0 Å². The number of ether oxygens (including phenoxy) is 1. The summed E-state index contributed by atoms with van der Waals surface area (Å²) in [5.74, 6) is -1.97. The number of benzene rings is 1. The van der Waals surface area contributed by atoms with Gasteiger partial charge in [0.25, 0.3) is 5.69 Å². The van der Waals surface area contributed by atoms with Gasteiger partial charge in [0.1, 0.15) is 6.61 Å². The first-order valence-corrected chi connectivity index (χ1v) is 5.08. The van der Waals surface area contributed by atoms with Gasteiger partial charge in [-0.1, -0.05) is 0 Å². The van der Waals surface area contributed by atoms with Crippen LogP contribution >= 0.6 is 0 Å². The third kappa shape index (κ3) is 4.60. The third-order valence-electron chi connectivity index (χ3n) is 2.08. The predicted octanol–water partition coefficient (Wildman–Crippen LogP) is 1.38. The standard InChI is InChI=1S/C11H10NO6/c13-10(14)5-6-11(15)18-7-8-1-3-9(4-2-8)12(16)17/h1-4H,5-7H2.